The zero-order valence-electron chi connectivity index (χ0n) is 25.7. The van der Waals surface area contributed by atoms with Crippen LogP contribution in [0, 0.1) is 5.92 Å². The van der Waals surface area contributed by atoms with Crippen molar-refractivity contribution in [3.63, 3.8) is 0 Å². The van der Waals surface area contributed by atoms with Crippen LogP contribution in [0.3, 0.4) is 0 Å². The molecule has 3 N–H and O–H groups in total. The van der Waals surface area contributed by atoms with Gasteiger partial charge in [0.15, 0.2) is 0 Å². The predicted octanol–water partition coefficient (Wildman–Crippen LogP) is 5.27. The number of rotatable bonds is 13. The third kappa shape index (κ3) is 8.55. The first-order valence-corrected chi connectivity index (χ1v) is 17.4. The second kappa shape index (κ2) is 15.4. The number of carbonyl (C=O) groups excluding carboxylic acids is 1. The maximum atomic E-state index is 14.5. The number of hydrogen-bond acceptors (Lipinski definition) is 9. The van der Waals surface area contributed by atoms with Crippen molar-refractivity contribution >= 4 is 46.5 Å². The van der Waals surface area contributed by atoms with Crippen LogP contribution in [0.25, 0.3) is 16.8 Å². The highest BCUT2D eigenvalue weighted by Gasteiger charge is 2.41. The quantitative estimate of drug-likeness (QED) is 0.123. The number of aromatic nitrogens is 2. The number of aromatic amines is 1. The van der Waals surface area contributed by atoms with Crippen LogP contribution < -0.4 is 20.9 Å². The molecule has 0 aliphatic carbocycles. The van der Waals surface area contributed by atoms with Crippen LogP contribution in [0.5, 0.6) is 5.75 Å². The number of aliphatic hydroxyl groups is 1. The first kappa shape index (κ1) is 34.5. The lowest BCUT2D eigenvalue weighted by atomic mass is 10.1. The number of carbonyl (C=O) groups is 1. The van der Waals surface area contributed by atoms with Crippen LogP contribution in [0.2, 0.25) is 0 Å². The Balaban J connectivity index is 1.38. The molecule has 2 heterocycles. The summed E-state index contributed by atoms with van der Waals surface area (Å²) in [5.74, 6) is -0.798. The van der Waals surface area contributed by atoms with Gasteiger partial charge in [0.05, 0.1) is 18.3 Å². The second-order valence-corrected chi connectivity index (χ2v) is 13.5. The van der Waals surface area contributed by atoms with Gasteiger partial charge in [-0.05, 0) is 34.0 Å². The summed E-state index contributed by atoms with van der Waals surface area (Å²) in [6, 6.07) is 20.7. The summed E-state index contributed by atoms with van der Waals surface area (Å²) in [6.07, 6.45) is -0.347. The molecule has 0 saturated carbocycles. The summed E-state index contributed by atoms with van der Waals surface area (Å²) in [7, 11) is -4.38. The Morgan fingerprint density at radius 2 is 1.85 bits per heavy atom. The van der Waals surface area contributed by atoms with Gasteiger partial charge in [-0.2, -0.15) is 5.09 Å². The summed E-state index contributed by atoms with van der Waals surface area (Å²) in [5.41, 5.74) is -0.329. The van der Waals surface area contributed by atoms with E-state index in [1.165, 1.54) is 17.3 Å². The van der Waals surface area contributed by atoms with E-state index in [-0.39, 0.29) is 30.3 Å². The lowest BCUT2D eigenvalue weighted by Gasteiger charge is -2.28. The lowest BCUT2D eigenvalue weighted by molar-refractivity contribution is -0.148. The molecule has 1 saturated heterocycles. The highest BCUT2D eigenvalue weighted by atomic mass is 79.9. The molecule has 3 aromatic carbocycles. The third-order valence-electron chi connectivity index (χ3n) is 7.57. The third-order valence-corrected chi connectivity index (χ3v) is 9.36. The van der Waals surface area contributed by atoms with E-state index >= 15 is 0 Å². The summed E-state index contributed by atoms with van der Waals surface area (Å²) in [4.78, 5) is 41.7. The van der Waals surface area contributed by atoms with Crippen LogP contribution >= 0.6 is 23.7 Å². The van der Waals surface area contributed by atoms with Gasteiger partial charge in [-0.25, -0.2) is 9.36 Å². The minimum Gasteiger partial charge on any atom is -0.460 e. The van der Waals surface area contributed by atoms with Crippen molar-refractivity contribution in [3.05, 3.63) is 116 Å². The Morgan fingerprint density at radius 1 is 1.13 bits per heavy atom. The van der Waals surface area contributed by atoms with E-state index in [0.717, 1.165) is 15.5 Å². The molecule has 0 radical (unpaired) electrons. The van der Waals surface area contributed by atoms with Gasteiger partial charge in [-0.1, -0.05) is 96.5 Å². The molecular formula is C33H35BrN3O9P. The molecular weight excluding hydrogens is 693 g/mol. The maximum absolute atomic E-state index is 14.5. The number of nitrogens with zero attached hydrogens (tertiary/aromatic N) is 1. The molecule has 1 aliphatic rings. The number of nitrogens with one attached hydrogen (secondary N) is 2. The first-order valence-electron chi connectivity index (χ1n) is 14.9. The van der Waals surface area contributed by atoms with Gasteiger partial charge in [0.25, 0.3) is 5.56 Å². The number of hydrogen-bond donors (Lipinski definition) is 3. The van der Waals surface area contributed by atoms with E-state index in [1.807, 2.05) is 54.6 Å². The average molecular weight is 729 g/mol. The minimum absolute atomic E-state index is 0.0141. The fourth-order valence-electron chi connectivity index (χ4n) is 5.07. The van der Waals surface area contributed by atoms with E-state index in [9.17, 15) is 24.1 Å². The Labute approximate surface area is 279 Å². The largest absolute Gasteiger partial charge is 0.460 e. The maximum Gasteiger partial charge on any atom is 0.459 e. The number of fused-ring (bicyclic) bond motifs is 1. The zero-order valence-corrected chi connectivity index (χ0v) is 28.1. The van der Waals surface area contributed by atoms with Gasteiger partial charge in [0, 0.05) is 18.0 Å². The number of esters is 1. The fraction of sp³-hybridized carbons (Fsp3) is 0.303. The van der Waals surface area contributed by atoms with Gasteiger partial charge in [-0.15, -0.1) is 0 Å². The standard InChI is InChI=1S/C33H35BrN3O9P/c1-21(2)30(32(40)43-19-22-9-4-3-5-10-22)36-47(42,46-27-14-8-12-23-11-6-7-13-25(23)27)44-20-28-26(38)17-29(45-28)37-18-24(15-16-34)31(39)35-33(37)41/h3-16,18,21,26,28-30,38H,17,19-20H2,1-2H3,(H,36,42)(H,35,39,41)/b16-15+/t26-,28+,29+,30-,47?/m0/s1. The van der Waals surface area contributed by atoms with E-state index in [1.54, 1.807) is 32.0 Å². The summed E-state index contributed by atoms with van der Waals surface area (Å²) in [5, 5.41) is 15.1. The molecule has 14 heteroatoms. The molecule has 47 heavy (non-hydrogen) atoms. The number of ether oxygens (including phenoxy) is 2. The molecule has 12 nitrogen and oxygen atoms in total. The van der Waals surface area contributed by atoms with Gasteiger partial charge in [0.2, 0.25) is 0 Å². The normalized spacial score (nSPS) is 20.0. The minimum atomic E-state index is -4.38. The number of H-pyrrole nitrogens is 1. The lowest BCUT2D eigenvalue weighted by Crippen LogP contribution is -2.42. The van der Waals surface area contributed by atoms with Crippen LogP contribution in [0.4, 0.5) is 0 Å². The van der Waals surface area contributed by atoms with Crippen molar-refractivity contribution < 1.29 is 33.0 Å². The van der Waals surface area contributed by atoms with Crippen molar-refractivity contribution in [2.45, 2.75) is 51.4 Å². The average Bonchev–Trinajstić information content (AvgIpc) is 3.43. The predicted molar refractivity (Wildman–Crippen MR) is 180 cm³/mol. The Hall–Kier alpha value is -3.84. The first-order chi connectivity index (χ1) is 22.6. The Bertz CT molecular complexity index is 1890. The molecule has 4 aromatic rings. The molecule has 1 aromatic heterocycles. The molecule has 5 rings (SSSR count). The van der Waals surface area contributed by atoms with Crippen molar-refractivity contribution in [1.29, 1.82) is 0 Å². The highest BCUT2D eigenvalue weighted by Crippen LogP contribution is 2.48. The van der Waals surface area contributed by atoms with E-state index < -0.39 is 56.0 Å². The fourth-order valence-corrected chi connectivity index (χ4v) is 7.04. The molecule has 0 bridgehead atoms. The van der Waals surface area contributed by atoms with Crippen molar-refractivity contribution in [2.24, 2.45) is 5.92 Å². The van der Waals surface area contributed by atoms with Crippen LogP contribution in [0.1, 0.15) is 37.6 Å². The number of halogens is 1. The van der Waals surface area contributed by atoms with Crippen LogP contribution in [-0.2, 0) is 30.0 Å². The van der Waals surface area contributed by atoms with E-state index in [2.05, 4.69) is 26.0 Å². The Kier molecular flexibility index (Phi) is 11.3. The monoisotopic (exact) mass is 727 g/mol. The molecule has 0 spiro atoms. The van der Waals surface area contributed by atoms with Gasteiger partial charge < -0.3 is 19.1 Å². The molecule has 1 unspecified atom stereocenters. The Morgan fingerprint density at radius 3 is 2.60 bits per heavy atom. The van der Waals surface area contributed by atoms with Crippen molar-refractivity contribution in [3.8, 4) is 5.75 Å². The van der Waals surface area contributed by atoms with E-state index in [0.29, 0.717) is 5.39 Å². The summed E-state index contributed by atoms with van der Waals surface area (Å²) < 4.78 is 39.2. The number of benzene rings is 3. The number of aliphatic hydroxyl groups excluding tert-OH is 1. The van der Waals surface area contributed by atoms with Gasteiger partial charge >= 0.3 is 19.4 Å². The van der Waals surface area contributed by atoms with Crippen molar-refractivity contribution in [1.82, 2.24) is 14.6 Å². The SMILES string of the molecule is CC(C)[C@H](NP(=O)(OC[C@H]1O[C@@H](n2cc(/C=C/Br)c(=O)[nH]c2=O)C[C@@H]1O)Oc1cccc2ccccc12)C(=O)OCc1ccccc1. The van der Waals surface area contributed by atoms with Crippen LogP contribution in [-0.4, -0.2) is 45.5 Å². The summed E-state index contributed by atoms with van der Waals surface area (Å²) >= 11 is 3.11. The molecule has 0 amide bonds. The topological polar surface area (TPSA) is 158 Å². The molecule has 1 fully saturated rings. The zero-order chi connectivity index (χ0) is 33.6. The van der Waals surface area contributed by atoms with Gasteiger partial charge in [-0.3, -0.25) is 23.7 Å². The molecule has 5 atom stereocenters. The van der Waals surface area contributed by atoms with Crippen LogP contribution in [0.15, 0.2) is 93.6 Å². The summed E-state index contributed by atoms with van der Waals surface area (Å²) in [6.45, 7) is 3.11. The second-order valence-electron chi connectivity index (χ2n) is 11.3. The van der Waals surface area contributed by atoms with Gasteiger partial charge in [0.1, 0.15) is 30.7 Å². The molecule has 1 aliphatic heterocycles. The highest BCUT2D eigenvalue weighted by molar-refractivity contribution is 9.11. The molecule has 248 valence electrons. The van der Waals surface area contributed by atoms with E-state index in [4.69, 9.17) is 18.5 Å². The van der Waals surface area contributed by atoms with Crippen molar-refractivity contribution in [2.75, 3.05) is 6.61 Å². The smallest absolute Gasteiger partial charge is 0.459 e.